The van der Waals surface area contributed by atoms with Gasteiger partial charge >= 0.3 is 6.18 Å². The summed E-state index contributed by atoms with van der Waals surface area (Å²) in [6.45, 7) is 8.35. The molecule has 0 radical (unpaired) electrons. The van der Waals surface area contributed by atoms with Gasteiger partial charge in [-0.15, -0.1) is 0 Å². The van der Waals surface area contributed by atoms with Crippen molar-refractivity contribution in [2.45, 2.75) is 76.2 Å². The van der Waals surface area contributed by atoms with E-state index in [1.54, 1.807) is 6.07 Å². The van der Waals surface area contributed by atoms with Crippen LogP contribution >= 0.6 is 0 Å². The van der Waals surface area contributed by atoms with E-state index in [-0.39, 0.29) is 18.2 Å². The van der Waals surface area contributed by atoms with Crippen LogP contribution in [-0.4, -0.2) is 51.1 Å². The zero-order chi connectivity index (χ0) is 21.9. The van der Waals surface area contributed by atoms with Crippen LogP contribution in [0.3, 0.4) is 0 Å². The molecule has 0 N–H and O–H groups in total. The molecule has 1 saturated heterocycles. The van der Waals surface area contributed by atoms with Crippen molar-refractivity contribution < 1.29 is 27.1 Å². The molecule has 1 aliphatic rings. The summed E-state index contributed by atoms with van der Waals surface area (Å²) in [5, 5.41) is 0. The summed E-state index contributed by atoms with van der Waals surface area (Å²) < 4.78 is 54.3. The SMILES string of the molecule is CCC(O[Si](C)(C)C)C1CCCCN1C(=O)[C@](OC)(c1ccccc1)C(F)(F)F. The first kappa shape index (κ1) is 23.9. The highest BCUT2D eigenvalue weighted by atomic mass is 28.4. The summed E-state index contributed by atoms with van der Waals surface area (Å²) in [6.07, 6.45) is -2.40. The van der Waals surface area contributed by atoms with E-state index >= 15 is 0 Å². The van der Waals surface area contributed by atoms with Crippen LogP contribution in [0.4, 0.5) is 13.2 Å². The molecule has 0 aromatic heterocycles. The van der Waals surface area contributed by atoms with Crippen LogP contribution in [0.1, 0.15) is 38.2 Å². The molecule has 0 spiro atoms. The maximum Gasteiger partial charge on any atom is 0.430 e. The molecule has 29 heavy (non-hydrogen) atoms. The molecule has 1 aromatic rings. The Morgan fingerprint density at radius 2 is 1.83 bits per heavy atom. The third-order valence-electron chi connectivity index (χ3n) is 5.33. The second-order valence-corrected chi connectivity index (χ2v) is 12.9. The van der Waals surface area contributed by atoms with Gasteiger partial charge in [-0.3, -0.25) is 4.79 Å². The largest absolute Gasteiger partial charge is 0.430 e. The topological polar surface area (TPSA) is 38.8 Å². The second-order valence-electron chi connectivity index (χ2n) is 8.49. The molecule has 1 amide bonds. The van der Waals surface area contributed by atoms with Crippen LogP contribution in [0.25, 0.3) is 0 Å². The van der Waals surface area contributed by atoms with Crippen molar-refractivity contribution in [1.29, 1.82) is 0 Å². The lowest BCUT2D eigenvalue weighted by Crippen LogP contribution is -2.62. The molecule has 8 heteroatoms. The molecule has 164 valence electrons. The van der Waals surface area contributed by atoms with E-state index in [4.69, 9.17) is 9.16 Å². The summed E-state index contributed by atoms with van der Waals surface area (Å²) >= 11 is 0. The van der Waals surface area contributed by atoms with E-state index in [2.05, 4.69) is 0 Å². The van der Waals surface area contributed by atoms with Crippen LogP contribution in [0.15, 0.2) is 30.3 Å². The molecular weight excluding hydrogens is 399 g/mol. The molecular formula is C21H32F3NO3Si. The number of methoxy groups -OCH3 is 1. The first-order valence-corrected chi connectivity index (χ1v) is 13.5. The van der Waals surface area contributed by atoms with Crippen LogP contribution in [0.5, 0.6) is 0 Å². The molecule has 0 bridgehead atoms. The first-order valence-electron chi connectivity index (χ1n) is 10.1. The molecule has 2 unspecified atom stereocenters. The number of piperidine rings is 1. The molecule has 1 aliphatic heterocycles. The quantitative estimate of drug-likeness (QED) is 0.564. The van der Waals surface area contributed by atoms with Gasteiger partial charge in [0.15, 0.2) is 8.32 Å². The van der Waals surface area contributed by atoms with Gasteiger partial charge in [0.25, 0.3) is 11.5 Å². The number of carbonyl (C=O) groups is 1. The molecule has 0 aliphatic carbocycles. The lowest BCUT2D eigenvalue weighted by molar-refractivity contribution is -0.272. The maximum absolute atomic E-state index is 14.4. The van der Waals surface area contributed by atoms with Gasteiger partial charge in [0.05, 0.1) is 12.1 Å². The fourth-order valence-electron chi connectivity index (χ4n) is 4.09. The number of carbonyl (C=O) groups excluding carboxylic acids is 1. The average Bonchev–Trinajstić information content (AvgIpc) is 2.66. The van der Waals surface area contributed by atoms with Crippen molar-refractivity contribution in [2.75, 3.05) is 13.7 Å². The summed E-state index contributed by atoms with van der Waals surface area (Å²) in [5.74, 6) is -1.05. The number of halogens is 3. The van der Waals surface area contributed by atoms with Crippen molar-refractivity contribution >= 4 is 14.2 Å². The normalized spacial score (nSPS) is 21.5. The number of hydrogen-bond acceptors (Lipinski definition) is 3. The zero-order valence-corrected chi connectivity index (χ0v) is 18.9. The minimum Gasteiger partial charge on any atom is -0.413 e. The molecule has 1 aromatic carbocycles. The maximum atomic E-state index is 14.4. The fourth-order valence-corrected chi connectivity index (χ4v) is 5.32. The van der Waals surface area contributed by atoms with Gasteiger partial charge in [-0.1, -0.05) is 37.3 Å². The number of benzene rings is 1. The summed E-state index contributed by atoms with van der Waals surface area (Å²) in [5.41, 5.74) is -3.23. The third-order valence-corrected chi connectivity index (χ3v) is 6.34. The van der Waals surface area contributed by atoms with Gasteiger partial charge in [-0.2, -0.15) is 13.2 Å². The van der Waals surface area contributed by atoms with Gasteiger partial charge in [0.2, 0.25) is 0 Å². The smallest absolute Gasteiger partial charge is 0.413 e. The van der Waals surface area contributed by atoms with Crippen molar-refractivity contribution in [3.8, 4) is 0 Å². The molecule has 0 saturated carbocycles. The number of hydrogen-bond donors (Lipinski definition) is 0. The Hall–Kier alpha value is -1.38. The minimum absolute atomic E-state index is 0.205. The van der Waals surface area contributed by atoms with E-state index in [0.717, 1.165) is 13.5 Å². The highest BCUT2D eigenvalue weighted by Crippen LogP contribution is 2.44. The molecule has 3 atom stereocenters. The third kappa shape index (κ3) is 5.03. The van der Waals surface area contributed by atoms with Crippen LogP contribution < -0.4 is 0 Å². The molecule has 4 nitrogen and oxygen atoms in total. The lowest BCUT2D eigenvalue weighted by Gasteiger charge is -2.46. The Labute approximate surface area is 172 Å². The van der Waals surface area contributed by atoms with E-state index in [0.29, 0.717) is 19.3 Å². The van der Waals surface area contributed by atoms with Crippen molar-refractivity contribution in [2.24, 2.45) is 0 Å². The van der Waals surface area contributed by atoms with Gasteiger partial charge in [-0.25, -0.2) is 0 Å². The number of alkyl halides is 3. The van der Waals surface area contributed by atoms with Crippen molar-refractivity contribution in [3.05, 3.63) is 35.9 Å². The Morgan fingerprint density at radius 1 is 1.21 bits per heavy atom. The predicted octanol–water partition coefficient (Wildman–Crippen LogP) is 5.10. The minimum atomic E-state index is -4.90. The van der Waals surface area contributed by atoms with E-state index in [1.165, 1.54) is 29.2 Å². The van der Waals surface area contributed by atoms with Gasteiger partial charge in [0, 0.05) is 19.2 Å². The Bertz CT molecular complexity index is 678. The highest BCUT2D eigenvalue weighted by molar-refractivity contribution is 6.69. The van der Waals surface area contributed by atoms with Gasteiger partial charge in [0.1, 0.15) is 0 Å². The number of likely N-dealkylation sites (tertiary alicyclic amines) is 1. The van der Waals surface area contributed by atoms with E-state index < -0.39 is 32.0 Å². The van der Waals surface area contributed by atoms with Crippen LogP contribution in [-0.2, 0) is 19.6 Å². The Balaban J connectivity index is 2.50. The number of rotatable bonds is 7. The summed E-state index contributed by atoms with van der Waals surface area (Å²) in [4.78, 5) is 14.9. The zero-order valence-electron chi connectivity index (χ0n) is 17.9. The highest BCUT2D eigenvalue weighted by Gasteiger charge is 2.64. The standard InChI is InChI=1S/C21H32F3NO3Si/c1-6-18(28-29(3,4)5)17-14-10-11-15-25(17)19(26)20(27-2,21(22,23)24)16-12-8-7-9-13-16/h7-9,12-13,17-18H,6,10-11,14-15H2,1-5H3/t17?,18?,20-/m1/s1. The van der Waals surface area contributed by atoms with Gasteiger partial charge < -0.3 is 14.1 Å². The molecule has 1 heterocycles. The monoisotopic (exact) mass is 431 g/mol. The molecule has 1 fully saturated rings. The summed E-state index contributed by atoms with van der Waals surface area (Å²) in [6, 6.07) is 6.78. The number of nitrogens with zero attached hydrogens (tertiary/aromatic N) is 1. The van der Waals surface area contributed by atoms with Crippen LogP contribution in [0.2, 0.25) is 19.6 Å². The van der Waals surface area contributed by atoms with Crippen molar-refractivity contribution in [1.82, 2.24) is 4.90 Å². The van der Waals surface area contributed by atoms with Crippen LogP contribution in [0, 0.1) is 0 Å². The first-order chi connectivity index (χ1) is 13.5. The summed E-state index contributed by atoms with van der Waals surface area (Å²) in [7, 11) is -0.984. The van der Waals surface area contributed by atoms with E-state index in [1.807, 2.05) is 26.6 Å². The van der Waals surface area contributed by atoms with Crippen molar-refractivity contribution in [3.63, 3.8) is 0 Å². The molecule has 2 rings (SSSR count). The Kier molecular flexibility index (Phi) is 7.56. The number of ether oxygens (including phenoxy) is 1. The fraction of sp³-hybridized carbons (Fsp3) is 0.667. The van der Waals surface area contributed by atoms with Gasteiger partial charge in [-0.05, 0) is 45.3 Å². The van der Waals surface area contributed by atoms with E-state index in [9.17, 15) is 18.0 Å². The number of amides is 1. The lowest BCUT2D eigenvalue weighted by atomic mass is 9.87. The average molecular weight is 432 g/mol. The predicted molar refractivity (Wildman–Crippen MR) is 109 cm³/mol. The second kappa shape index (κ2) is 9.18. The Morgan fingerprint density at radius 3 is 2.31 bits per heavy atom.